The number of carbonyl (C=O) groups excluding carboxylic acids is 2. The third-order valence-corrected chi connectivity index (χ3v) is 4.05. The zero-order chi connectivity index (χ0) is 20.1. The van der Waals surface area contributed by atoms with Gasteiger partial charge in [-0.15, -0.1) is 0 Å². The molecule has 0 bridgehead atoms. The summed E-state index contributed by atoms with van der Waals surface area (Å²) in [5.41, 5.74) is 0.993. The summed E-state index contributed by atoms with van der Waals surface area (Å²) in [6.45, 7) is 0. The summed E-state index contributed by atoms with van der Waals surface area (Å²) in [5, 5.41) is 16.2. The van der Waals surface area contributed by atoms with E-state index in [0.717, 1.165) is 6.07 Å². The second-order valence-corrected chi connectivity index (χ2v) is 6.06. The number of hydrogen-bond acceptors (Lipinski definition) is 5. The van der Waals surface area contributed by atoms with Gasteiger partial charge in [-0.3, -0.25) is 24.7 Å². The first-order valence-corrected chi connectivity index (χ1v) is 8.38. The number of pyridine rings is 1. The van der Waals surface area contributed by atoms with E-state index in [1.165, 1.54) is 18.2 Å². The zero-order valence-electron chi connectivity index (χ0n) is 14.3. The van der Waals surface area contributed by atoms with E-state index in [2.05, 4.69) is 15.6 Å². The maximum atomic E-state index is 12.4. The topological polar surface area (TPSA) is 114 Å². The molecule has 3 aromatic rings. The van der Waals surface area contributed by atoms with Crippen LogP contribution in [0.2, 0.25) is 5.02 Å². The number of rotatable bonds is 5. The van der Waals surface area contributed by atoms with E-state index in [1.54, 1.807) is 42.7 Å². The van der Waals surface area contributed by atoms with Gasteiger partial charge in [-0.1, -0.05) is 17.7 Å². The van der Waals surface area contributed by atoms with Crippen molar-refractivity contribution in [3.05, 3.63) is 93.3 Å². The van der Waals surface area contributed by atoms with Gasteiger partial charge in [0.25, 0.3) is 17.5 Å². The lowest BCUT2D eigenvalue weighted by molar-refractivity contribution is -0.384. The Kier molecular flexibility index (Phi) is 5.61. The molecule has 0 aliphatic carbocycles. The minimum absolute atomic E-state index is 0.0590. The molecule has 0 aliphatic heterocycles. The molecule has 2 aromatic carbocycles. The van der Waals surface area contributed by atoms with Crippen molar-refractivity contribution in [2.24, 2.45) is 0 Å². The van der Waals surface area contributed by atoms with Crippen molar-refractivity contribution in [2.75, 3.05) is 10.6 Å². The molecule has 1 aromatic heterocycles. The largest absolute Gasteiger partial charge is 0.322 e. The predicted octanol–water partition coefficient (Wildman–Crippen LogP) is 4.15. The Balaban J connectivity index is 1.75. The first kappa shape index (κ1) is 19.0. The average molecular weight is 397 g/mol. The van der Waals surface area contributed by atoms with Crippen molar-refractivity contribution in [3.63, 3.8) is 0 Å². The lowest BCUT2D eigenvalue weighted by atomic mass is 10.1. The van der Waals surface area contributed by atoms with Gasteiger partial charge in [-0.2, -0.15) is 0 Å². The van der Waals surface area contributed by atoms with Crippen LogP contribution < -0.4 is 10.6 Å². The summed E-state index contributed by atoms with van der Waals surface area (Å²) in [5.74, 6) is -0.920. The summed E-state index contributed by atoms with van der Waals surface area (Å²) in [6.07, 6.45) is 3.11. The molecule has 2 amide bonds. The lowest BCUT2D eigenvalue weighted by Crippen LogP contribution is -2.15. The molecule has 0 fully saturated rings. The third kappa shape index (κ3) is 4.49. The highest BCUT2D eigenvalue weighted by Gasteiger charge is 2.17. The van der Waals surface area contributed by atoms with Crippen LogP contribution in [-0.2, 0) is 0 Å². The number of hydrogen-bond donors (Lipinski definition) is 2. The van der Waals surface area contributed by atoms with Crippen molar-refractivity contribution < 1.29 is 14.5 Å². The molecule has 28 heavy (non-hydrogen) atoms. The molecule has 3 rings (SSSR count). The van der Waals surface area contributed by atoms with Gasteiger partial charge in [0, 0.05) is 41.0 Å². The Labute approximate surface area is 164 Å². The standard InChI is InChI=1S/C19H13ClN4O4/c20-16-5-4-13(11-17(16)24(27)28)19(26)23-15-3-1-2-12(10-15)18(25)22-14-6-8-21-9-7-14/h1-11H,(H,23,26)(H,21,22,25). The molecule has 8 nitrogen and oxygen atoms in total. The van der Waals surface area contributed by atoms with E-state index in [9.17, 15) is 19.7 Å². The molecule has 0 aliphatic rings. The Morgan fingerprint density at radius 3 is 2.21 bits per heavy atom. The molecule has 0 unspecified atom stereocenters. The van der Waals surface area contributed by atoms with Crippen molar-refractivity contribution in [1.29, 1.82) is 0 Å². The van der Waals surface area contributed by atoms with Gasteiger partial charge in [0.1, 0.15) is 5.02 Å². The fourth-order valence-corrected chi connectivity index (χ4v) is 2.56. The Morgan fingerprint density at radius 2 is 1.54 bits per heavy atom. The maximum Gasteiger partial charge on any atom is 0.288 e. The number of nitro benzene ring substituents is 1. The number of nitrogens with zero attached hydrogens (tertiary/aromatic N) is 2. The number of carbonyl (C=O) groups is 2. The maximum absolute atomic E-state index is 12.4. The predicted molar refractivity (Wildman–Crippen MR) is 105 cm³/mol. The van der Waals surface area contributed by atoms with E-state index in [0.29, 0.717) is 16.9 Å². The van der Waals surface area contributed by atoms with Crippen molar-refractivity contribution in [2.45, 2.75) is 0 Å². The van der Waals surface area contributed by atoms with Crippen LogP contribution in [0.3, 0.4) is 0 Å². The Bertz CT molecular complexity index is 1060. The summed E-state index contributed by atoms with van der Waals surface area (Å²) in [7, 11) is 0. The Hall–Kier alpha value is -3.78. The normalized spacial score (nSPS) is 10.2. The molecular formula is C19H13ClN4O4. The minimum Gasteiger partial charge on any atom is -0.322 e. The first-order chi connectivity index (χ1) is 13.4. The van der Waals surface area contributed by atoms with E-state index in [1.807, 2.05) is 0 Å². The second kappa shape index (κ2) is 8.28. The van der Waals surface area contributed by atoms with E-state index < -0.39 is 10.8 Å². The number of benzene rings is 2. The minimum atomic E-state index is -0.664. The number of nitro groups is 1. The quantitative estimate of drug-likeness (QED) is 0.496. The summed E-state index contributed by atoms with van der Waals surface area (Å²) >= 11 is 5.76. The van der Waals surface area contributed by atoms with Crippen LogP contribution in [0.15, 0.2) is 67.0 Å². The molecule has 0 saturated carbocycles. The van der Waals surface area contributed by atoms with Crippen LogP contribution in [0.25, 0.3) is 0 Å². The molecule has 0 atom stereocenters. The molecule has 0 saturated heterocycles. The number of halogens is 1. The van der Waals surface area contributed by atoms with Gasteiger partial charge in [-0.25, -0.2) is 0 Å². The number of anilines is 2. The highest BCUT2D eigenvalue weighted by atomic mass is 35.5. The van der Waals surface area contributed by atoms with Gasteiger partial charge >= 0.3 is 0 Å². The third-order valence-electron chi connectivity index (χ3n) is 3.73. The SMILES string of the molecule is O=C(Nc1ccncc1)c1cccc(NC(=O)c2ccc(Cl)c([N+](=O)[O-])c2)c1. The molecule has 140 valence electrons. The molecule has 9 heteroatoms. The van der Waals surface area contributed by atoms with Gasteiger partial charge < -0.3 is 10.6 Å². The van der Waals surface area contributed by atoms with Crippen LogP contribution in [0, 0.1) is 10.1 Å². The van der Waals surface area contributed by atoms with Crippen LogP contribution in [0.5, 0.6) is 0 Å². The van der Waals surface area contributed by atoms with Gasteiger partial charge in [-0.05, 0) is 42.5 Å². The summed E-state index contributed by atoms with van der Waals surface area (Å²) < 4.78 is 0. The van der Waals surface area contributed by atoms with Gasteiger partial charge in [0.2, 0.25) is 0 Å². The zero-order valence-corrected chi connectivity index (χ0v) is 15.0. The highest BCUT2D eigenvalue weighted by Crippen LogP contribution is 2.25. The number of amides is 2. The monoisotopic (exact) mass is 396 g/mol. The van der Waals surface area contributed by atoms with Crippen LogP contribution in [-0.4, -0.2) is 21.7 Å². The van der Waals surface area contributed by atoms with Crippen LogP contribution in [0.4, 0.5) is 17.1 Å². The Morgan fingerprint density at radius 1 is 0.893 bits per heavy atom. The molecule has 0 spiro atoms. The van der Waals surface area contributed by atoms with Crippen molar-refractivity contribution >= 4 is 40.5 Å². The van der Waals surface area contributed by atoms with Gasteiger partial charge in [0.05, 0.1) is 4.92 Å². The van der Waals surface area contributed by atoms with Gasteiger partial charge in [0.15, 0.2) is 0 Å². The van der Waals surface area contributed by atoms with Crippen LogP contribution in [0.1, 0.15) is 20.7 Å². The fourth-order valence-electron chi connectivity index (χ4n) is 2.37. The fraction of sp³-hybridized carbons (Fsp3) is 0. The summed E-state index contributed by atoms with van der Waals surface area (Å²) in [4.78, 5) is 38.9. The van der Waals surface area contributed by atoms with Crippen molar-refractivity contribution in [3.8, 4) is 0 Å². The first-order valence-electron chi connectivity index (χ1n) is 8.01. The molecule has 0 radical (unpaired) electrons. The molecular weight excluding hydrogens is 384 g/mol. The van der Waals surface area contributed by atoms with E-state index in [4.69, 9.17) is 11.6 Å². The summed E-state index contributed by atoms with van der Waals surface area (Å²) in [6, 6.07) is 13.4. The number of nitrogens with one attached hydrogen (secondary N) is 2. The van der Waals surface area contributed by atoms with Crippen LogP contribution >= 0.6 is 11.6 Å². The number of aromatic nitrogens is 1. The smallest absolute Gasteiger partial charge is 0.288 e. The molecule has 2 N–H and O–H groups in total. The average Bonchev–Trinajstić information content (AvgIpc) is 2.69. The van der Waals surface area contributed by atoms with Crippen molar-refractivity contribution in [1.82, 2.24) is 4.98 Å². The second-order valence-electron chi connectivity index (χ2n) is 5.65. The highest BCUT2D eigenvalue weighted by molar-refractivity contribution is 6.32. The molecule has 1 heterocycles. The van der Waals surface area contributed by atoms with E-state index in [-0.39, 0.29) is 22.2 Å². The van der Waals surface area contributed by atoms with E-state index >= 15 is 0 Å². The lowest BCUT2D eigenvalue weighted by Gasteiger charge is -2.09.